The van der Waals surface area contributed by atoms with Crippen LogP contribution >= 0.6 is 11.8 Å². The lowest BCUT2D eigenvalue weighted by molar-refractivity contribution is -0.137. The molecule has 0 aliphatic rings. The van der Waals surface area contributed by atoms with E-state index in [4.69, 9.17) is 11.1 Å². The van der Waals surface area contributed by atoms with E-state index in [0.29, 0.717) is 21.3 Å². The van der Waals surface area contributed by atoms with Crippen LogP contribution in [0.2, 0.25) is 0 Å². The van der Waals surface area contributed by atoms with E-state index >= 15 is 0 Å². The van der Waals surface area contributed by atoms with E-state index in [0.717, 1.165) is 24.0 Å². The van der Waals surface area contributed by atoms with Gasteiger partial charge in [-0.2, -0.15) is 18.3 Å². The number of nitrogens with zero attached hydrogens (tertiary/aromatic N) is 3. The first-order valence-electron chi connectivity index (χ1n) is 5.79. The molecule has 0 unspecified atom stereocenters. The van der Waals surface area contributed by atoms with E-state index in [1.807, 2.05) is 0 Å². The molecule has 2 heterocycles. The van der Waals surface area contributed by atoms with Gasteiger partial charge in [0.25, 0.3) is 0 Å². The number of rotatable bonds is 3. The molecule has 0 atom stereocenters. The summed E-state index contributed by atoms with van der Waals surface area (Å²) in [4.78, 5) is 3.78. The molecule has 0 saturated carbocycles. The van der Waals surface area contributed by atoms with Gasteiger partial charge in [-0.05, 0) is 30.8 Å². The Balaban J connectivity index is 2.33. The van der Waals surface area contributed by atoms with Crippen LogP contribution < -0.4 is 5.73 Å². The van der Waals surface area contributed by atoms with Crippen LogP contribution in [0.15, 0.2) is 28.4 Å². The fourth-order valence-electron chi connectivity index (χ4n) is 1.77. The second-order valence-corrected chi connectivity index (χ2v) is 5.30. The smallest absolute Gasteiger partial charge is 0.384 e. The first-order chi connectivity index (χ1) is 9.70. The van der Waals surface area contributed by atoms with Gasteiger partial charge in [-0.3, -0.25) is 10.1 Å². The average molecular weight is 315 g/mol. The van der Waals surface area contributed by atoms with E-state index in [-0.39, 0.29) is 5.84 Å². The van der Waals surface area contributed by atoms with Gasteiger partial charge >= 0.3 is 6.18 Å². The average Bonchev–Trinajstić information content (AvgIpc) is 2.63. The molecule has 21 heavy (non-hydrogen) atoms. The highest BCUT2D eigenvalue weighted by atomic mass is 32.2. The van der Waals surface area contributed by atoms with Crippen LogP contribution in [-0.2, 0) is 13.2 Å². The van der Waals surface area contributed by atoms with Gasteiger partial charge in [-0.25, -0.2) is 4.98 Å². The van der Waals surface area contributed by atoms with Gasteiger partial charge < -0.3 is 5.73 Å². The number of nitrogens with two attached hydrogens (primary N) is 1. The molecule has 0 amide bonds. The van der Waals surface area contributed by atoms with Crippen molar-refractivity contribution in [1.29, 1.82) is 5.41 Å². The molecule has 0 saturated heterocycles. The quantitative estimate of drug-likeness (QED) is 0.674. The van der Waals surface area contributed by atoms with Gasteiger partial charge in [-0.1, -0.05) is 0 Å². The summed E-state index contributed by atoms with van der Waals surface area (Å²) in [6, 6.07) is 2.24. The third-order valence-corrected chi connectivity index (χ3v) is 3.82. The van der Waals surface area contributed by atoms with E-state index in [9.17, 15) is 13.2 Å². The molecule has 0 radical (unpaired) electrons. The zero-order valence-electron chi connectivity index (χ0n) is 11.2. The molecule has 3 N–H and O–H groups in total. The summed E-state index contributed by atoms with van der Waals surface area (Å²) in [6.07, 6.45) is -3.64. The SMILES string of the molecule is Cc1nn(C)c(Sc2ccc(C(F)(F)F)cn2)c1C(=N)N. The van der Waals surface area contributed by atoms with Crippen LogP contribution in [0.3, 0.4) is 0 Å². The van der Waals surface area contributed by atoms with Crippen molar-refractivity contribution in [2.75, 3.05) is 0 Å². The molecule has 9 heteroatoms. The lowest BCUT2D eigenvalue weighted by atomic mass is 10.2. The predicted molar refractivity (Wildman–Crippen MR) is 72.3 cm³/mol. The number of halogens is 3. The summed E-state index contributed by atoms with van der Waals surface area (Å²) >= 11 is 1.11. The zero-order valence-corrected chi connectivity index (χ0v) is 12.0. The highest BCUT2D eigenvalue weighted by Gasteiger charge is 2.30. The second-order valence-electron chi connectivity index (χ2n) is 4.29. The minimum absolute atomic E-state index is 0.144. The number of nitrogens with one attached hydrogen (secondary N) is 1. The third-order valence-electron chi connectivity index (χ3n) is 2.70. The van der Waals surface area contributed by atoms with Crippen molar-refractivity contribution in [3.05, 3.63) is 35.2 Å². The minimum Gasteiger partial charge on any atom is -0.384 e. The van der Waals surface area contributed by atoms with Crippen molar-refractivity contribution in [2.24, 2.45) is 12.8 Å². The van der Waals surface area contributed by atoms with Crippen molar-refractivity contribution in [3.63, 3.8) is 0 Å². The number of pyridine rings is 1. The predicted octanol–water partition coefficient (Wildman–Crippen LogP) is 2.58. The maximum absolute atomic E-state index is 12.5. The Bertz CT molecular complexity index is 675. The van der Waals surface area contributed by atoms with E-state index in [1.165, 1.54) is 10.7 Å². The fraction of sp³-hybridized carbons (Fsp3) is 0.250. The molecular weight excluding hydrogens is 303 g/mol. The van der Waals surface area contributed by atoms with E-state index in [1.54, 1.807) is 14.0 Å². The van der Waals surface area contributed by atoms with Gasteiger partial charge in [0.2, 0.25) is 0 Å². The number of hydrogen-bond donors (Lipinski definition) is 2. The molecule has 112 valence electrons. The van der Waals surface area contributed by atoms with Crippen LogP contribution in [0.25, 0.3) is 0 Å². The summed E-state index contributed by atoms with van der Waals surface area (Å²) in [7, 11) is 1.67. The number of nitrogen functional groups attached to an aromatic ring is 1. The molecule has 0 fully saturated rings. The molecule has 0 bridgehead atoms. The van der Waals surface area contributed by atoms with Crippen molar-refractivity contribution < 1.29 is 13.2 Å². The molecular formula is C12H12F3N5S. The largest absolute Gasteiger partial charge is 0.417 e. The molecule has 0 aromatic carbocycles. The lowest BCUT2D eigenvalue weighted by Gasteiger charge is -2.07. The number of aryl methyl sites for hydroxylation is 2. The summed E-state index contributed by atoms with van der Waals surface area (Å²) in [6.45, 7) is 1.71. The first-order valence-corrected chi connectivity index (χ1v) is 6.61. The highest BCUT2D eigenvalue weighted by molar-refractivity contribution is 7.99. The number of hydrogen-bond acceptors (Lipinski definition) is 4. The topological polar surface area (TPSA) is 80.6 Å². The standard InChI is InChI=1S/C12H12F3N5S/c1-6-9(10(16)17)11(20(2)19-6)21-8-4-3-7(5-18-8)12(13,14)15/h3-5H,1-2H3,(H3,16,17). The summed E-state index contributed by atoms with van der Waals surface area (Å²) in [5.74, 6) is -0.144. The van der Waals surface area contributed by atoms with Crippen molar-refractivity contribution >= 4 is 17.6 Å². The Labute approximate surface area is 122 Å². The molecule has 0 spiro atoms. The monoisotopic (exact) mass is 315 g/mol. The van der Waals surface area contributed by atoms with Crippen LogP contribution in [0, 0.1) is 12.3 Å². The fourth-order valence-corrected chi connectivity index (χ4v) is 2.74. The lowest BCUT2D eigenvalue weighted by Crippen LogP contribution is -2.13. The number of aromatic nitrogens is 3. The Morgan fingerprint density at radius 1 is 1.38 bits per heavy atom. The summed E-state index contributed by atoms with van der Waals surface area (Å²) in [5.41, 5.74) is 5.75. The summed E-state index contributed by atoms with van der Waals surface area (Å²) < 4.78 is 39.0. The molecule has 2 rings (SSSR count). The van der Waals surface area contributed by atoms with Crippen LogP contribution in [0.5, 0.6) is 0 Å². The van der Waals surface area contributed by atoms with E-state index in [2.05, 4.69) is 10.1 Å². The van der Waals surface area contributed by atoms with E-state index < -0.39 is 11.7 Å². The van der Waals surface area contributed by atoms with Gasteiger partial charge in [0.15, 0.2) is 0 Å². The van der Waals surface area contributed by atoms with Gasteiger partial charge in [0.05, 0.1) is 16.8 Å². The first kappa shape index (κ1) is 15.4. The molecule has 2 aromatic heterocycles. The molecule has 2 aromatic rings. The Morgan fingerprint density at radius 3 is 2.52 bits per heavy atom. The number of amidine groups is 1. The maximum atomic E-state index is 12.5. The van der Waals surface area contributed by atoms with Crippen LogP contribution in [0.1, 0.15) is 16.8 Å². The number of alkyl halides is 3. The molecule has 0 aliphatic heterocycles. The van der Waals surface area contributed by atoms with Crippen molar-refractivity contribution in [1.82, 2.24) is 14.8 Å². The third kappa shape index (κ3) is 3.18. The van der Waals surface area contributed by atoms with Crippen molar-refractivity contribution in [2.45, 2.75) is 23.2 Å². The minimum atomic E-state index is -4.41. The Morgan fingerprint density at radius 2 is 2.05 bits per heavy atom. The molecule has 0 aliphatic carbocycles. The van der Waals surface area contributed by atoms with Gasteiger partial charge in [0, 0.05) is 13.2 Å². The Hall–Kier alpha value is -2.03. The van der Waals surface area contributed by atoms with Crippen molar-refractivity contribution in [3.8, 4) is 0 Å². The van der Waals surface area contributed by atoms with Crippen LogP contribution in [-0.4, -0.2) is 20.6 Å². The van der Waals surface area contributed by atoms with Crippen LogP contribution in [0.4, 0.5) is 13.2 Å². The summed E-state index contributed by atoms with van der Waals surface area (Å²) in [5, 5.41) is 12.6. The zero-order chi connectivity index (χ0) is 15.8. The second kappa shape index (κ2) is 5.40. The van der Waals surface area contributed by atoms with Gasteiger partial charge in [0.1, 0.15) is 15.9 Å². The Kier molecular flexibility index (Phi) is 3.95. The van der Waals surface area contributed by atoms with Gasteiger partial charge in [-0.15, -0.1) is 0 Å². The molecule has 5 nitrogen and oxygen atoms in total. The highest BCUT2D eigenvalue weighted by Crippen LogP contribution is 2.33. The maximum Gasteiger partial charge on any atom is 0.417 e. The normalized spacial score (nSPS) is 11.7.